The molecule has 0 saturated heterocycles. The topological polar surface area (TPSA) is 95.7 Å². The van der Waals surface area contributed by atoms with E-state index in [1.54, 1.807) is 30.3 Å². The predicted octanol–water partition coefficient (Wildman–Crippen LogP) is 3.72. The van der Waals surface area contributed by atoms with E-state index in [0.717, 1.165) is 11.1 Å². The van der Waals surface area contributed by atoms with Crippen molar-refractivity contribution in [3.8, 4) is 6.07 Å². The van der Waals surface area contributed by atoms with Crippen molar-refractivity contribution in [2.45, 2.75) is 30.9 Å². The molecule has 0 bridgehead atoms. The Morgan fingerprint density at radius 3 is 2.33 bits per heavy atom. The Morgan fingerprint density at radius 1 is 1.07 bits per heavy atom. The van der Waals surface area contributed by atoms with Gasteiger partial charge in [0.05, 0.1) is 22.0 Å². The van der Waals surface area contributed by atoms with E-state index in [1.165, 1.54) is 6.07 Å². The molecule has 2 aromatic carbocycles. The van der Waals surface area contributed by atoms with E-state index in [-0.39, 0.29) is 10.6 Å². The van der Waals surface area contributed by atoms with E-state index in [2.05, 4.69) is 15.3 Å². The molecule has 1 aromatic heterocycles. The minimum absolute atomic E-state index is 0.106. The second kappa shape index (κ2) is 7.33. The van der Waals surface area contributed by atoms with Crippen molar-refractivity contribution in [1.29, 1.82) is 5.26 Å². The van der Waals surface area contributed by atoms with Crippen LogP contribution in [-0.2, 0) is 9.84 Å². The van der Waals surface area contributed by atoms with Crippen molar-refractivity contribution in [3.05, 3.63) is 59.3 Å². The van der Waals surface area contributed by atoms with Crippen molar-refractivity contribution in [3.63, 3.8) is 0 Å². The van der Waals surface area contributed by atoms with Gasteiger partial charge in [0.1, 0.15) is 5.69 Å². The second-order valence-corrected chi connectivity index (χ2v) is 8.31. The number of nitrogens with one attached hydrogen (secondary N) is 1. The number of nitriles is 1. The Morgan fingerprint density at radius 2 is 1.74 bits per heavy atom. The van der Waals surface area contributed by atoms with Crippen LogP contribution in [0.25, 0.3) is 11.0 Å². The van der Waals surface area contributed by atoms with Gasteiger partial charge in [-0.1, -0.05) is 18.2 Å². The summed E-state index contributed by atoms with van der Waals surface area (Å²) in [6.45, 7) is 6.16. The number of sulfone groups is 1. The van der Waals surface area contributed by atoms with Gasteiger partial charge in [-0.2, -0.15) is 5.26 Å². The van der Waals surface area contributed by atoms with Crippen LogP contribution in [0.4, 0.5) is 5.82 Å². The quantitative estimate of drug-likeness (QED) is 0.725. The SMILES string of the molecule is CCNc1nc2ccccc2nc1[C@H](C#N)S(=O)(=O)c1ccc(C)c(C)c1. The number of para-hydroxylation sites is 2. The van der Waals surface area contributed by atoms with Crippen LogP contribution in [0.2, 0.25) is 0 Å². The number of fused-ring (bicyclic) bond motifs is 1. The van der Waals surface area contributed by atoms with Crippen LogP contribution in [-0.4, -0.2) is 24.9 Å². The van der Waals surface area contributed by atoms with Gasteiger partial charge < -0.3 is 5.32 Å². The third-order valence-corrected chi connectivity index (χ3v) is 6.28. The lowest BCUT2D eigenvalue weighted by Gasteiger charge is -2.16. The average molecular weight is 380 g/mol. The molecule has 1 N–H and O–H groups in total. The van der Waals surface area contributed by atoms with Crippen LogP contribution in [0.5, 0.6) is 0 Å². The molecule has 0 aliphatic heterocycles. The lowest BCUT2D eigenvalue weighted by atomic mass is 10.1. The summed E-state index contributed by atoms with van der Waals surface area (Å²) in [6.07, 6.45) is 0. The van der Waals surface area contributed by atoms with E-state index in [1.807, 2.05) is 32.9 Å². The largest absolute Gasteiger partial charge is 0.369 e. The third kappa shape index (κ3) is 3.49. The van der Waals surface area contributed by atoms with Crippen LogP contribution in [0, 0.1) is 25.2 Å². The Hall–Kier alpha value is -2.98. The third-order valence-electron chi connectivity index (χ3n) is 4.42. The lowest BCUT2D eigenvalue weighted by Crippen LogP contribution is -2.17. The number of hydrogen-bond acceptors (Lipinski definition) is 6. The summed E-state index contributed by atoms with van der Waals surface area (Å²) >= 11 is 0. The van der Waals surface area contributed by atoms with Gasteiger partial charge in [0.15, 0.2) is 11.1 Å². The van der Waals surface area contributed by atoms with Gasteiger partial charge in [0, 0.05) is 6.54 Å². The average Bonchev–Trinajstić information content (AvgIpc) is 2.64. The van der Waals surface area contributed by atoms with Crippen molar-refractivity contribution < 1.29 is 8.42 Å². The molecule has 0 fully saturated rings. The zero-order valence-corrected chi connectivity index (χ0v) is 16.2. The zero-order chi connectivity index (χ0) is 19.6. The highest BCUT2D eigenvalue weighted by Crippen LogP contribution is 2.32. The van der Waals surface area contributed by atoms with Gasteiger partial charge >= 0.3 is 0 Å². The van der Waals surface area contributed by atoms with E-state index < -0.39 is 15.1 Å². The molecule has 3 aromatic rings. The van der Waals surface area contributed by atoms with Gasteiger partial charge in [-0.25, -0.2) is 18.4 Å². The maximum Gasteiger partial charge on any atom is 0.200 e. The Labute approximate surface area is 158 Å². The molecular weight excluding hydrogens is 360 g/mol. The molecule has 0 amide bonds. The maximum atomic E-state index is 13.2. The van der Waals surface area contributed by atoms with Crippen molar-refractivity contribution in [1.82, 2.24) is 9.97 Å². The molecule has 0 radical (unpaired) electrons. The maximum absolute atomic E-state index is 13.2. The van der Waals surface area contributed by atoms with Crippen LogP contribution in [0.3, 0.4) is 0 Å². The van der Waals surface area contributed by atoms with E-state index in [9.17, 15) is 13.7 Å². The van der Waals surface area contributed by atoms with Crippen molar-refractivity contribution in [2.24, 2.45) is 0 Å². The van der Waals surface area contributed by atoms with Crippen LogP contribution in [0.15, 0.2) is 47.4 Å². The number of aryl methyl sites for hydroxylation is 2. The summed E-state index contributed by atoms with van der Waals surface area (Å²) in [6, 6.07) is 14.0. The summed E-state index contributed by atoms with van der Waals surface area (Å²) < 4.78 is 26.4. The molecule has 1 atom stereocenters. The Bertz CT molecular complexity index is 1150. The highest BCUT2D eigenvalue weighted by Gasteiger charge is 2.33. The first-order valence-corrected chi connectivity index (χ1v) is 10.1. The molecule has 0 spiro atoms. The molecule has 0 aliphatic rings. The van der Waals surface area contributed by atoms with E-state index in [0.29, 0.717) is 23.4 Å². The Balaban J connectivity index is 2.21. The van der Waals surface area contributed by atoms with Gasteiger partial charge in [-0.3, -0.25) is 0 Å². The summed E-state index contributed by atoms with van der Waals surface area (Å²) in [5.41, 5.74) is 3.14. The normalized spacial score (nSPS) is 12.5. The second-order valence-electron chi connectivity index (χ2n) is 6.28. The summed E-state index contributed by atoms with van der Waals surface area (Å²) in [7, 11) is -3.96. The molecule has 3 rings (SSSR count). The van der Waals surface area contributed by atoms with Gasteiger partial charge in [-0.05, 0) is 56.2 Å². The fourth-order valence-electron chi connectivity index (χ4n) is 2.80. The Kier molecular flexibility index (Phi) is 5.10. The van der Waals surface area contributed by atoms with Crippen LogP contribution >= 0.6 is 0 Å². The summed E-state index contributed by atoms with van der Waals surface area (Å²) in [5, 5.41) is 11.3. The lowest BCUT2D eigenvalue weighted by molar-refractivity contribution is 0.590. The zero-order valence-electron chi connectivity index (χ0n) is 15.4. The van der Waals surface area contributed by atoms with Gasteiger partial charge in [-0.15, -0.1) is 0 Å². The monoisotopic (exact) mass is 380 g/mol. The van der Waals surface area contributed by atoms with E-state index >= 15 is 0 Å². The van der Waals surface area contributed by atoms with Crippen LogP contribution in [0.1, 0.15) is 29.0 Å². The fraction of sp³-hybridized carbons (Fsp3) is 0.250. The molecule has 0 unspecified atom stereocenters. The van der Waals surface area contributed by atoms with Gasteiger partial charge in [0.2, 0.25) is 9.84 Å². The molecule has 27 heavy (non-hydrogen) atoms. The standard InChI is InChI=1S/C20H20N4O2S/c1-4-22-20-19(23-16-7-5-6-8-17(16)24-20)18(12-21)27(25,26)15-10-9-13(2)14(3)11-15/h5-11,18H,4H2,1-3H3,(H,22,24)/t18-/m0/s1. The minimum atomic E-state index is -3.96. The van der Waals surface area contributed by atoms with Crippen LogP contribution < -0.4 is 5.32 Å². The minimum Gasteiger partial charge on any atom is -0.369 e. The first-order chi connectivity index (χ1) is 12.9. The van der Waals surface area contributed by atoms with Crippen molar-refractivity contribution in [2.75, 3.05) is 11.9 Å². The fourth-order valence-corrected chi connectivity index (χ4v) is 4.27. The smallest absolute Gasteiger partial charge is 0.200 e. The number of hydrogen-bond donors (Lipinski definition) is 1. The highest BCUT2D eigenvalue weighted by atomic mass is 32.2. The molecule has 0 saturated carbocycles. The first kappa shape index (κ1) is 18.8. The predicted molar refractivity (Wildman–Crippen MR) is 105 cm³/mol. The number of rotatable bonds is 5. The van der Waals surface area contributed by atoms with Crippen molar-refractivity contribution >= 4 is 26.7 Å². The molecule has 7 heteroatoms. The molecule has 1 heterocycles. The molecule has 6 nitrogen and oxygen atoms in total. The molecule has 0 aliphatic carbocycles. The highest BCUT2D eigenvalue weighted by molar-refractivity contribution is 7.92. The van der Waals surface area contributed by atoms with E-state index in [4.69, 9.17) is 0 Å². The summed E-state index contributed by atoms with van der Waals surface area (Å²) in [5.74, 6) is 0.315. The first-order valence-electron chi connectivity index (χ1n) is 8.59. The van der Waals surface area contributed by atoms with Gasteiger partial charge in [0.25, 0.3) is 0 Å². The number of benzene rings is 2. The number of nitrogens with zero attached hydrogens (tertiary/aromatic N) is 3. The summed E-state index contributed by atoms with van der Waals surface area (Å²) in [4.78, 5) is 9.06. The number of anilines is 1. The molecular formula is C20H20N4O2S. The number of aromatic nitrogens is 2. The molecule has 138 valence electrons.